The normalized spacial score (nSPS) is 8.94. The van der Waals surface area contributed by atoms with E-state index < -0.39 is 0 Å². The second-order valence-electron chi connectivity index (χ2n) is 3.60. The van der Waals surface area contributed by atoms with E-state index >= 15 is 0 Å². The van der Waals surface area contributed by atoms with Gasteiger partial charge < -0.3 is 5.73 Å². The smallest absolute Gasteiger partial charge is 0.0314 e. The van der Waals surface area contributed by atoms with Gasteiger partial charge in [0, 0.05) is 18.1 Å². The summed E-state index contributed by atoms with van der Waals surface area (Å²) in [5.41, 5.74) is 9.03. The predicted molar refractivity (Wildman–Crippen MR) is 77.0 cm³/mol. The van der Waals surface area contributed by atoms with Crippen molar-refractivity contribution in [3.63, 3.8) is 0 Å². The number of hydrogen-bond acceptors (Lipinski definition) is 2. The minimum Gasteiger partial charge on any atom is -0.399 e. The molecule has 0 aliphatic rings. The standard InChI is InChI=1S/C13H14N2.2ClH/c14-13-7-5-11(6-8-13)3-4-12-2-1-9-15-10-12;;/h1-2,5-10H,3-4,14H2;2*1H. The Kier molecular flexibility index (Phi) is 7.35. The van der Waals surface area contributed by atoms with Crippen molar-refractivity contribution in [2.75, 3.05) is 5.73 Å². The van der Waals surface area contributed by atoms with Gasteiger partial charge in [0.1, 0.15) is 0 Å². The van der Waals surface area contributed by atoms with Crippen LogP contribution in [-0.2, 0) is 12.8 Å². The molecule has 0 saturated carbocycles. The van der Waals surface area contributed by atoms with Gasteiger partial charge >= 0.3 is 0 Å². The molecule has 4 heteroatoms. The van der Waals surface area contributed by atoms with E-state index in [1.54, 1.807) is 6.20 Å². The van der Waals surface area contributed by atoms with Crippen molar-refractivity contribution in [2.45, 2.75) is 12.8 Å². The number of halogens is 2. The number of rotatable bonds is 3. The number of pyridine rings is 1. The molecule has 1 heterocycles. The molecule has 1 aromatic carbocycles. The third-order valence-corrected chi connectivity index (χ3v) is 2.40. The van der Waals surface area contributed by atoms with Crippen LogP contribution in [0, 0.1) is 0 Å². The van der Waals surface area contributed by atoms with Crippen LogP contribution >= 0.6 is 24.8 Å². The molecule has 0 spiro atoms. The molecule has 1 aromatic heterocycles. The van der Waals surface area contributed by atoms with Crippen molar-refractivity contribution in [3.8, 4) is 0 Å². The van der Waals surface area contributed by atoms with E-state index in [0.717, 1.165) is 18.5 Å². The Morgan fingerprint density at radius 1 is 0.882 bits per heavy atom. The van der Waals surface area contributed by atoms with E-state index in [9.17, 15) is 0 Å². The Labute approximate surface area is 114 Å². The second-order valence-corrected chi connectivity index (χ2v) is 3.60. The summed E-state index contributed by atoms with van der Waals surface area (Å²) in [6.07, 6.45) is 5.77. The van der Waals surface area contributed by atoms with E-state index in [2.05, 4.69) is 23.2 Å². The lowest BCUT2D eigenvalue weighted by Gasteiger charge is -2.01. The first-order valence-electron chi connectivity index (χ1n) is 5.08. The summed E-state index contributed by atoms with van der Waals surface area (Å²) in [5.74, 6) is 0. The van der Waals surface area contributed by atoms with Crippen molar-refractivity contribution >= 4 is 30.5 Å². The minimum atomic E-state index is 0. The van der Waals surface area contributed by atoms with Gasteiger partial charge in [-0.05, 0) is 42.2 Å². The van der Waals surface area contributed by atoms with Crippen LogP contribution in [0.15, 0.2) is 48.8 Å². The number of aromatic nitrogens is 1. The van der Waals surface area contributed by atoms with Crippen LogP contribution in [0.2, 0.25) is 0 Å². The topological polar surface area (TPSA) is 38.9 Å². The SMILES string of the molecule is Cl.Cl.Nc1ccc(CCc2cccnc2)cc1. The number of hydrogen-bond donors (Lipinski definition) is 1. The lowest BCUT2D eigenvalue weighted by Crippen LogP contribution is -1.92. The number of nitrogens with zero attached hydrogens (tertiary/aromatic N) is 1. The van der Waals surface area contributed by atoms with Crippen LogP contribution in [0.25, 0.3) is 0 Å². The molecule has 0 unspecified atom stereocenters. The average Bonchev–Trinajstić information content (AvgIpc) is 2.30. The Bertz CT molecular complexity index is 415. The first-order valence-corrected chi connectivity index (χ1v) is 5.08. The highest BCUT2D eigenvalue weighted by atomic mass is 35.5. The Morgan fingerprint density at radius 2 is 1.53 bits per heavy atom. The van der Waals surface area contributed by atoms with Gasteiger partial charge in [0.05, 0.1) is 0 Å². The van der Waals surface area contributed by atoms with Crippen LogP contribution in [0.4, 0.5) is 5.69 Å². The second kappa shape index (κ2) is 7.93. The summed E-state index contributed by atoms with van der Waals surface area (Å²) in [6, 6.07) is 12.1. The Balaban J connectivity index is 0.00000128. The molecule has 0 bridgehead atoms. The Morgan fingerprint density at radius 3 is 2.12 bits per heavy atom. The van der Waals surface area contributed by atoms with Gasteiger partial charge in [-0.2, -0.15) is 0 Å². The average molecular weight is 271 g/mol. The molecular formula is C13H16Cl2N2. The van der Waals surface area contributed by atoms with E-state index in [-0.39, 0.29) is 24.8 Å². The fourth-order valence-corrected chi connectivity index (χ4v) is 1.52. The molecule has 2 N–H and O–H groups in total. The number of aryl methyl sites for hydroxylation is 2. The molecular weight excluding hydrogens is 255 g/mol. The molecule has 0 fully saturated rings. The van der Waals surface area contributed by atoms with Crippen molar-refractivity contribution in [1.82, 2.24) is 4.98 Å². The van der Waals surface area contributed by atoms with Gasteiger partial charge in [0.25, 0.3) is 0 Å². The van der Waals surface area contributed by atoms with Crippen molar-refractivity contribution < 1.29 is 0 Å². The molecule has 0 radical (unpaired) electrons. The minimum absolute atomic E-state index is 0. The lowest BCUT2D eigenvalue weighted by atomic mass is 10.1. The number of nitrogens with two attached hydrogens (primary N) is 1. The van der Waals surface area contributed by atoms with Gasteiger partial charge in [-0.3, -0.25) is 4.98 Å². The van der Waals surface area contributed by atoms with E-state index in [1.807, 2.05) is 24.4 Å². The lowest BCUT2D eigenvalue weighted by molar-refractivity contribution is 0.950. The van der Waals surface area contributed by atoms with Crippen LogP contribution < -0.4 is 5.73 Å². The van der Waals surface area contributed by atoms with E-state index in [4.69, 9.17) is 5.73 Å². The predicted octanol–water partition coefficient (Wildman–Crippen LogP) is 3.29. The molecule has 2 rings (SSSR count). The first kappa shape index (κ1) is 15.8. The molecule has 0 aliphatic heterocycles. The van der Waals surface area contributed by atoms with Crippen LogP contribution in [0.3, 0.4) is 0 Å². The van der Waals surface area contributed by atoms with Crippen molar-refractivity contribution in [1.29, 1.82) is 0 Å². The van der Waals surface area contributed by atoms with Gasteiger partial charge in [0.2, 0.25) is 0 Å². The molecule has 2 aromatic rings. The summed E-state index contributed by atoms with van der Waals surface area (Å²) in [6.45, 7) is 0. The summed E-state index contributed by atoms with van der Waals surface area (Å²) >= 11 is 0. The molecule has 0 saturated heterocycles. The summed E-state index contributed by atoms with van der Waals surface area (Å²) in [4.78, 5) is 4.09. The fourth-order valence-electron chi connectivity index (χ4n) is 1.52. The van der Waals surface area contributed by atoms with Crippen LogP contribution in [0.1, 0.15) is 11.1 Å². The quantitative estimate of drug-likeness (QED) is 0.870. The molecule has 17 heavy (non-hydrogen) atoms. The van der Waals surface area contributed by atoms with Crippen LogP contribution in [0.5, 0.6) is 0 Å². The van der Waals surface area contributed by atoms with Gasteiger partial charge in [-0.25, -0.2) is 0 Å². The molecule has 0 atom stereocenters. The highest BCUT2D eigenvalue weighted by Gasteiger charge is 1.95. The third-order valence-electron chi connectivity index (χ3n) is 2.40. The number of nitrogen functional groups attached to an aromatic ring is 1. The van der Waals surface area contributed by atoms with Gasteiger partial charge in [0.15, 0.2) is 0 Å². The summed E-state index contributed by atoms with van der Waals surface area (Å²) in [7, 11) is 0. The number of anilines is 1. The van der Waals surface area contributed by atoms with E-state index in [1.165, 1.54) is 11.1 Å². The molecule has 2 nitrogen and oxygen atoms in total. The highest BCUT2D eigenvalue weighted by molar-refractivity contribution is 5.85. The zero-order chi connectivity index (χ0) is 10.5. The van der Waals surface area contributed by atoms with Crippen molar-refractivity contribution in [3.05, 3.63) is 59.9 Å². The maximum absolute atomic E-state index is 5.62. The number of benzene rings is 1. The molecule has 0 aliphatic carbocycles. The maximum atomic E-state index is 5.62. The zero-order valence-electron chi connectivity index (χ0n) is 9.37. The van der Waals surface area contributed by atoms with Gasteiger partial charge in [-0.15, -0.1) is 24.8 Å². The first-order chi connectivity index (χ1) is 7.34. The molecule has 0 amide bonds. The molecule has 92 valence electrons. The fraction of sp³-hybridized carbons (Fsp3) is 0.154. The van der Waals surface area contributed by atoms with Crippen molar-refractivity contribution in [2.24, 2.45) is 0 Å². The maximum Gasteiger partial charge on any atom is 0.0314 e. The largest absolute Gasteiger partial charge is 0.399 e. The zero-order valence-corrected chi connectivity index (χ0v) is 11.0. The van der Waals surface area contributed by atoms with E-state index in [0.29, 0.717) is 0 Å². The highest BCUT2D eigenvalue weighted by Crippen LogP contribution is 2.09. The Hall–Kier alpha value is -1.25. The summed E-state index contributed by atoms with van der Waals surface area (Å²) < 4.78 is 0. The monoisotopic (exact) mass is 270 g/mol. The third kappa shape index (κ3) is 5.07. The van der Waals surface area contributed by atoms with Crippen LogP contribution in [-0.4, -0.2) is 4.98 Å². The van der Waals surface area contributed by atoms with Gasteiger partial charge in [-0.1, -0.05) is 18.2 Å². The summed E-state index contributed by atoms with van der Waals surface area (Å²) in [5, 5.41) is 0.